The molecule has 1 aliphatic heterocycles. The van der Waals surface area contributed by atoms with Crippen molar-refractivity contribution >= 4 is 33.5 Å². The molecule has 0 saturated carbocycles. The van der Waals surface area contributed by atoms with Crippen LogP contribution in [-0.4, -0.2) is 44.7 Å². The number of carbonyl (C=O) groups is 2. The third-order valence-corrected chi connectivity index (χ3v) is 5.74. The van der Waals surface area contributed by atoms with Crippen molar-refractivity contribution in [3.8, 4) is 0 Å². The van der Waals surface area contributed by atoms with Crippen molar-refractivity contribution in [2.45, 2.75) is 17.9 Å². The van der Waals surface area contributed by atoms with E-state index < -0.39 is 16.1 Å². The Morgan fingerprint density at radius 3 is 2.45 bits per heavy atom. The standard InChI is InChI=1S/C19H21N5O4S/c1-12(13-7-9-14(10-8-13)22-19(20)26)21-17(25)11-24(2)18-15-5-3-4-6-16(15)29(27,28)23-18/h3-10,12H,11H2,1-2H3,(H,21,25)(H3,20,22,26). The van der Waals surface area contributed by atoms with E-state index in [2.05, 4.69) is 15.0 Å². The van der Waals surface area contributed by atoms with Gasteiger partial charge in [0.2, 0.25) is 5.91 Å². The highest BCUT2D eigenvalue weighted by molar-refractivity contribution is 7.90. The Hall–Kier alpha value is -3.40. The summed E-state index contributed by atoms with van der Waals surface area (Å²) in [5.74, 6) is -0.0471. The van der Waals surface area contributed by atoms with Crippen LogP contribution in [0.3, 0.4) is 0 Å². The number of primary amides is 1. The normalized spacial score (nSPS) is 15.0. The summed E-state index contributed by atoms with van der Waals surface area (Å²) in [7, 11) is -2.12. The van der Waals surface area contributed by atoms with Gasteiger partial charge in [0.15, 0.2) is 5.84 Å². The van der Waals surface area contributed by atoms with E-state index in [1.165, 1.54) is 11.0 Å². The van der Waals surface area contributed by atoms with Crippen LogP contribution in [0.4, 0.5) is 10.5 Å². The molecule has 4 N–H and O–H groups in total. The molecule has 2 aromatic rings. The van der Waals surface area contributed by atoms with Crippen LogP contribution in [0.2, 0.25) is 0 Å². The Morgan fingerprint density at radius 2 is 1.79 bits per heavy atom. The van der Waals surface area contributed by atoms with Crippen LogP contribution in [0.15, 0.2) is 57.8 Å². The summed E-state index contributed by atoms with van der Waals surface area (Å²) in [5, 5.41) is 5.32. The molecule has 0 saturated heterocycles. The van der Waals surface area contributed by atoms with Gasteiger partial charge < -0.3 is 21.3 Å². The molecule has 29 heavy (non-hydrogen) atoms. The number of nitrogens with one attached hydrogen (secondary N) is 2. The Balaban J connectivity index is 1.64. The van der Waals surface area contributed by atoms with Gasteiger partial charge in [-0.2, -0.15) is 8.42 Å². The summed E-state index contributed by atoms with van der Waals surface area (Å²) in [4.78, 5) is 25.0. The maximum absolute atomic E-state index is 12.4. The summed E-state index contributed by atoms with van der Waals surface area (Å²) in [6.07, 6.45) is 0. The van der Waals surface area contributed by atoms with Crippen molar-refractivity contribution in [2.75, 3.05) is 18.9 Å². The number of nitrogens with two attached hydrogens (primary N) is 1. The Labute approximate surface area is 168 Å². The topological polar surface area (TPSA) is 134 Å². The molecule has 1 atom stereocenters. The first kappa shape index (κ1) is 20.3. The van der Waals surface area contributed by atoms with Gasteiger partial charge in [-0.05, 0) is 36.8 Å². The second-order valence-corrected chi connectivity index (χ2v) is 8.22. The summed E-state index contributed by atoms with van der Waals surface area (Å²) in [5.41, 5.74) is 6.94. The molecule has 9 nitrogen and oxygen atoms in total. The number of anilines is 1. The summed E-state index contributed by atoms with van der Waals surface area (Å²) in [6.45, 7) is 1.76. The van der Waals surface area contributed by atoms with E-state index in [9.17, 15) is 18.0 Å². The van der Waals surface area contributed by atoms with Crippen LogP contribution in [0.25, 0.3) is 0 Å². The average Bonchev–Trinajstić information content (AvgIpc) is 2.93. The Morgan fingerprint density at radius 1 is 1.14 bits per heavy atom. The fraction of sp³-hybridized carbons (Fsp3) is 0.211. The Kier molecular flexibility index (Phi) is 5.55. The van der Waals surface area contributed by atoms with Crippen molar-refractivity contribution in [1.29, 1.82) is 0 Å². The van der Waals surface area contributed by atoms with E-state index in [0.29, 0.717) is 11.3 Å². The maximum Gasteiger partial charge on any atom is 0.316 e. The molecule has 3 rings (SSSR count). The number of rotatable bonds is 5. The predicted molar refractivity (Wildman–Crippen MR) is 109 cm³/mol. The number of nitrogens with zero attached hydrogens (tertiary/aromatic N) is 2. The average molecular weight is 415 g/mol. The van der Waals surface area contributed by atoms with Gasteiger partial charge in [0.25, 0.3) is 10.0 Å². The van der Waals surface area contributed by atoms with Crippen LogP contribution >= 0.6 is 0 Å². The van der Waals surface area contributed by atoms with Gasteiger partial charge in [0.05, 0.1) is 12.6 Å². The van der Waals surface area contributed by atoms with Gasteiger partial charge in [-0.3, -0.25) is 4.79 Å². The fourth-order valence-electron chi connectivity index (χ4n) is 3.02. The minimum atomic E-state index is -3.74. The van der Waals surface area contributed by atoms with E-state index in [0.717, 1.165) is 5.56 Å². The van der Waals surface area contributed by atoms with Gasteiger partial charge in [0, 0.05) is 18.3 Å². The monoisotopic (exact) mass is 415 g/mol. The third-order valence-electron chi connectivity index (χ3n) is 4.41. The quantitative estimate of drug-likeness (QED) is 0.679. The molecule has 0 bridgehead atoms. The molecular weight excluding hydrogens is 394 g/mol. The molecule has 0 aromatic heterocycles. The molecule has 3 amide bonds. The lowest BCUT2D eigenvalue weighted by molar-refractivity contribution is -0.121. The van der Waals surface area contributed by atoms with E-state index in [1.54, 1.807) is 49.5 Å². The zero-order valence-electron chi connectivity index (χ0n) is 15.9. The number of carbonyl (C=O) groups excluding carboxylic acids is 2. The van der Waals surface area contributed by atoms with E-state index in [-0.39, 0.29) is 29.2 Å². The lowest BCUT2D eigenvalue weighted by atomic mass is 10.1. The number of benzene rings is 2. The predicted octanol–water partition coefficient (Wildman–Crippen LogP) is 1.44. The molecule has 1 heterocycles. The van der Waals surface area contributed by atoms with E-state index >= 15 is 0 Å². The van der Waals surface area contributed by atoms with Crippen LogP contribution in [0, 0.1) is 0 Å². The van der Waals surface area contributed by atoms with Crippen molar-refractivity contribution in [3.05, 3.63) is 59.7 Å². The number of fused-ring (bicyclic) bond motifs is 1. The first-order valence-electron chi connectivity index (χ1n) is 8.78. The first-order chi connectivity index (χ1) is 13.7. The highest BCUT2D eigenvalue weighted by Crippen LogP contribution is 2.26. The van der Waals surface area contributed by atoms with Crippen molar-refractivity contribution in [3.63, 3.8) is 0 Å². The van der Waals surface area contributed by atoms with Crippen LogP contribution in [0.5, 0.6) is 0 Å². The molecule has 0 spiro atoms. The lowest BCUT2D eigenvalue weighted by Gasteiger charge is -2.21. The van der Waals surface area contributed by atoms with Crippen molar-refractivity contribution in [2.24, 2.45) is 10.1 Å². The van der Waals surface area contributed by atoms with Crippen molar-refractivity contribution in [1.82, 2.24) is 10.2 Å². The van der Waals surface area contributed by atoms with Gasteiger partial charge in [-0.25, -0.2) is 4.79 Å². The van der Waals surface area contributed by atoms with Crippen LogP contribution in [0.1, 0.15) is 24.1 Å². The summed E-state index contributed by atoms with van der Waals surface area (Å²) < 4.78 is 28.1. The third kappa shape index (κ3) is 4.54. The number of likely N-dealkylation sites (N-methyl/N-ethyl adjacent to an activating group) is 1. The molecule has 0 radical (unpaired) electrons. The molecule has 10 heteroatoms. The number of hydrogen-bond donors (Lipinski definition) is 3. The number of amides is 3. The number of amidine groups is 1. The molecule has 0 aliphatic carbocycles. The summed E-state index contributed by atoms with van der Waals surface area (Å²) >= 11 is 0. The highest BCUT2D eigenvalue weighted by atomic mass is 32.2. The summed E-state index contributed by atoms with van der Waals surface area (Å²) in [6, 6.07) is 12.5. The maximum atomic E-state index is 12.4. The first-order valence-corrected chi connectivity index (χ1v) is 10.2. The Bertz CT molecular complexity index is 1080. The number of hydrogen-bond acceptors (Lipinski definition) is 5. The minimum Gasteiger partial charge on any atom is -0.351 e. The fourth-order valence-corrected chi connectivity index (χ4v) is 4.27. The van der Waals surface area contributed by atoms with Gasteiger partial charge in [-0.1, -0.05) is 24.3 Å². The van der Waals surface area contributed by atoms with E-state index in [4.69, 9.17) is 5.73 Å². The van der Waals surface area contributed by atoms with Crippen molar-refractivity contribution < 1.29 is 18.0 Å². The zero-order valence-corrected chi connectivity index (χ0v) is 16.7. The van der Waals surface area contributed by atoms with Gasteiger partial charge >= 0.3 is 6.03 Å². The molecule has 152 valence electrons. The molecule has 1 aliphatic rings. The second kappa shape index (κ2) is 7.92. The molecule has 2 aromatic carbocycles. The van der Waals surface area contributed by atoms with Crippen LogP contribution in [-0.2, 0) is 14.8 Å². The van der Waals surface area contributed by atoms with Crippen LogP contribution < -0.4 is 16.4 Å². The highest BCUT2D eigenvalue weighted by Gasteiger charge is 2.31. The second-order valence-electron chi connectivity index (χ2n) is 6.64. The zero-order chi connectivity index (χ0) is 21.2. The van der Waals surface area contributed by atoms with Gasteiger partial charge in [0.1, 0.15) is 4.90 Å². The smallest absolute Gasteiger partial charge is 0.316 e. The molecule has 1 unspecified atom stereocenters. The minimum absolute atomic E-state index is 0.0612. The van der Waals surface area contributed by atoms with Gasteiger partial charge in [-0.15, -0.1) is 4.40 Å². The molecular formula is C19H21N5O4S. The number of sulfonamides is 1. The lowest BCUT2D eigenvalue weighted by Crippen LogP contribution is -2.39. The molecule has 0 fully saturated rings. The largest absolute Gasteiger partial charge is 0.351 e. The van der Waals surface area contributed by atoms with E-state index in [1.807, 2.05) is 6.92 Å². The SMILES string of the molecule is CC(NC(=O)CN(C)C1=NS(=O)(=O)c2ccccc21)c1ccc(NC(N)=O)cc1. The number of urea groups is 1.